The SMILES string of the molecule is CCOCCCC(N)COC. The Morgan fingerprint density at radius 3 is 2.73 bits per heavy atom. The van der Waals surface area contributed by atoms with E-state index in [-0.39, 0.29) is 6.04 Å². The molecule has 2 N–H and O–H groups in total. The monoisotopic (exact) mass is 161 g/mol. The van der Waals surface area contributed by atoms with Crippen LogP contribution in [0.4, 0.5) is 0 Å². The van der Waals surface area contributed by atoms with Gasteiger partial charge in [-0.05, 0) is 19.8 Å². The van der Waals surface area contributed by atoms with Gasteiger partial charge in [0.15, 0.2) is 0 Å². The molecule has 68 valence electrons. The molecular formula is C8H19NO2. The number of methoxy groups -OCH3 is 1. The first-order valence-electron chi connectivity index (χ1n) is 4.13. The fourth-order valence-corrected chi connectivity index (χ4v) is 0.889. The second-order valence-electron chi connectivity index (χ2n) is 2.55. The molecule has 11 heavy (non-hydrogen) atoms. The third-order valence-electron chi connectivity index (χ3n) is 1.45. The highest BCUT2D eigenvalue weighted by molar-refractivity contribution is 4.58. The summed E-state index contributed by atoms with van der Waals surface area (Å²) < 4.78 is 10.1. The van der Waals surface area contributed by atoms with Crippen LogP contribution in [0.25, 0.3) is 0 Å². The fourth-order valence-electron chi connectivity index (χ4n) is 0.889. The minimum absolute atomic E-state index is 0.167. The largest absolute Gasteiger partial charge is 0.383 e. The van der Waals surface area contributed by atoms with Gasteiger partial charge in [0.25, 0.3) is 0 Å². The van der Waals surface area contributed by atoms with E-state index >= 15 is 0 Å². The van der Waals surface area contributed by atoms with Gasteiger partial charge in [0.2, 0.25) is 0 Å². The van der Waals surface area contributed by atoms with Gasteiger partial charge in [0, 0.05) is 26.4 Å². The Morgan fingerprint density at radius 1 is 1.45 bits per heavy atom. The molecule has 0 amide bonds. The fraction of sp³-hybridized carbons (Fsp3) is 1.00. The van der Waals surface area contributed by atoms with E-state index in [2.05, 4.69) is 0 Å². The Labute approximate surface area is 68.9 Å². The molecule has 0 aromatic rings. The summed E-state index contributed by atoms with van der Waals surface area (Å²) >= 11 is 0. The van der Waals surface area contributed by atoms with E-state index < -0.39 is 0 Å². The molecular weight excluding hydrogens is 142 g/mol. The van der Waals surface area contributed by atoms with Gasteiger partial charge in [0.05, 0.1) is 6.61 Å². The first-order chi connectivity index (χ1) is 5.31. The van der Waals surface area contributed by atoms with Crippen LogP contribution in [-0.2, 0) is 9.47 Å². The van der Waals surface area contributed by atoms with E-state index in [9.17, 15) is 0 Å². The van der Waals surface area contributed by atoms with Gasteiger partial charge in [-0.3, -0.25) is 0 Å². The molecule has 3 heteroatoms. The molecule has 0 heterocycles. The van der Waals surface area contributed by atoms with Crippen molar-refractivity contribution < 1.29 is 9.47 Å². The molecule has 0 aliphatic heterocycles. The van der Waals surface area contributed by atoms with Crippen LogP contribution >= 0.6 is 0 Å². The van der Waals surface area contributed by atoms with Crippen LogP contribution < -0.4 is 5.73 Å². The van der Waals surface area contributed by atoms with Crippen molar-refractivity contribution in [1.29, 1.82) is 0 Å². The summed E-state index contributed by atoms with van der Waals surface area (Å²) in [4.78, 5) is 0. The normalized spacial score (nSPS) is 13.4. The molecule has 0 aromatic carbocycles. The molecule has 0 rings (SSSR count). The second kappa shape index (κ2) is 7.98. The lowest BCUT2D eigenvalue weighted by Crippen LogP contribution is -2.25. The lowest BCUT2D eigenvalue weighted by molar-refractivity contribution is 0.133. The quantitative estimate of drug-likeness (QED) is 0.561. The summed E-state index contributed by atoms with van der Waals surface area (Å²) in [7, 11) is 1.67. The molecule has 0 radical (unpaired) electrons. The van der Waals surface area contributed by atoms with E-state index in [4.69, 9.17) is 15.2 Å². The Balaban J connectivity index is 2.97. The van der Waals surface area contributed by atoms with E-state index in [1.807, 2.05) is 6.92 Å². The molecule has 0 spiro atoms. The predicted octanol–water partition coefficient (Wildman–Crippen LogP) is 0.777. The molecule has 1 unspecified atom stereocenters. The maximum absolute atomic E-state index is 5.69. The van der Waals surface area contributed by atoms with Crippen molar-refractivity contribution in [3.63, 3.8) is 0 Å². The minimum Gasteiger partial charge on any atom is -0.383 e. The predicted molar refractivity (Wildman–Crippen MR) is 45.6 cm³/mol. The van der Waals surface area contributed by atoms with Crippen molar-refractivity contribution in [3.8, 4) is 0 Å². The van der Waals surface area contributed by atoms with Crippen molar-refractivity contribution in [2.75, 3.05) is 26.9 Å². The van der Waals surface area contributed by atoms with E-state index in [1.54, 1.807) is 7.11 Å². The zero-order valence-corrected chi connectivity index (χ0v) is 7.51. The van der Waals surface area contributed by atoms with E-state index in [1.165, 1.54) is 0 Å². The molecule has 1 atom stereocenters. The molecule has 0 aromatic heterocycles. The molecule has 0 aliphatic carbocycles. The molecule has 0 aliphatic rings. The van der Waals surface area contributed by atoms with Crippen molar-refractivity contribution in [2.45, 2.75) is 25.8 Å². The van der Waals surface area contributed by atoms with Crippen LogP contribution in [0.15, 0.2) is 0 Å². The van der Waals surface area contributed by atoms with E-state index in [0.717, 1.165) is 26.1 Å². The highest BCUT2D eigenvalue weighted by Crippen LogP contribution is 1.95. The maximum atomic E-state index is 5.69. The van der Waals surface area contributed by atoms with Crippen molar-refractivity contribution >= 4 is 0 Å². The Bertz CT molecular complexity index is 78.5. The molecule has 0 fully saturated rings. The van der Waals surface area contributed by atoms with Crippen molar-refractivity contribution in [2.24, 2.45) is 5.73 Å². The number of hydrogen-bond donors (Lipinski definition) is 1. The highest BCUT2D eigenvalue weighted by atomic mass is 16.5. The summed E-state index contributed by atoms with van der Waals surface area (Å²) in [5, 5.41) is 0. The van der Waals surface area contributed by atoms with E-state index in [0.29, 0.717) is 6.61 Å². The van der Waals surface area contributed by atoms with Gasteiger partial charge in [-0.25, -0.2) is 0 Å². The summed E-state index contributed by atoms with van der Waals surface area (Å²) in [6.07, 6.45) is 2.01. The standard InChI is InChI=1S/C8H19NO2/c1-3-11-6-4-5-8(9)7-10-2/h8H,3-7,9H2,1-2H3. The van der Waals surface area contributed by atoms with Crippen LogP contribution in [0, 0.1) is 0 Å². The Kier molecular flexibility index (Phi) is 7.89. The topological polar surface area (TPSA) is 44.5 Å². The molecule has 3 nitrogen and oxygen atoms in total. The number of hydrogen-bond acceptors (Lipinski definition) is 3. The third-order valence-corrected chi connectivity index (χ3v) is 1.45. The Hall–Kier alpha value is -0.120. The van der Waals surface area contributed by atoms with Crippen molar-refractivity contribution in [3.05, 3.63) is 0 Å². The van der Waals surface area contributed by atoms with Gasteiger partial charge in [-0.1, -0.05) is 0 Å². The Morgan fingerprint density at radius 2 is 2.18 bits per heavy atom. The lowest BCUT2D eigenvalue weighted by Gasteiger charge is -2.09. The van der Waals surface area contributed by atoms with Crippen LogP contribution in [0.5, 0.6) is 0 Å². The first-order valence-corrected chi connectivity index (χ1v) is 4.13. The maximum Gasteiger partial charge on any atom is 0.0613 e. The average molecular weight is 161 g/mol. The zero-order valence-electron chi connectivity index (χ0n) is 7.51. The zero-order chi connectivity index (χ0) is 8.53. The first kappa shape index (κ1) is 10.9. The minimum atomic E-state index is 0.167. The van der Waals surface area contributed by atoms with Crippen LogP contribution in [0.3, 0.4) is 0 Å². The number of ether oxygens (including phenoxy) is 2. The van der Waals surface area contributed by atoms with Gasteiger partial charge in [-0.2, -0.15) is 0 Å². The van der Waals surface area contributed by atoms with Gasteiger partial charge in [0.1, 0.15) is 0 Å². The third kappa shape index (κ3) is 7.78. The summed E-state index contributed by atoms with van der Waals surface area (Å²) in [6.45, 7) is 4.24. The van der Waals surface area contributed by atoms with Gasteiger partial charge in [-0.15, -0.1) is 0 Å². The smallest absolute Gasteiger partial charge is 0.0613 e. The van der Waals surface area contributed by atoms with Gasteiger partial charge >= 0.3 is 0 Å². The average Bonchev–Trinajstić information content (AvgIpc) is 1.99. The van der Waals surface area contributed by atoms with Crippen LogP contribution in [0.2, 0.25) is 0 Å². The number of nitrogens with two attached hydrogens (primary N) is 1. The van der Waals surface area contributed by atoms with Gasteiger partial charge < -0.3 is 15.2 Å². The summed E-state index contributed by atoms with van der Waals surface area (Å²) in [6, 6.07) is 0.167. The molecule has 0 saturated carbocycles. The van der Waals surface area contributed by atoms with Crippen LogP contribution in [-0.4, -0.2) is 33.0 Å². The molecule has 0 saturated heterocycles. The second-order valence-corrected chi connectivity index (χ2v) is 2.55. The summed E-state index contributed by atoms with van der Waals surface area (Å²) in [5.74, 6) is 0. The van der Waals surface area contributed by atoms with Crippen molar-refractivity contribution in [1.82, 2.24) is 0 Å². The highest BCUT2D eigenvalue weighted by Gasteiger charge is 1.99. The lowest BCUT2D eigenvalue weighted by atomic mass is 10.2. The molecule has 0 bridgehead atoms. The number of rotatable bonds is 7. The summed E-state index contributed by atoms with van der Waals surface area (Å²) in [5.41, 5.74) is 5.69. The van der Waals surface area contributed by atoms with Crippen LogP contribution in [0.1, 0.15) is 19.8 Å².